The summed E-state index contributed by atoms with van der Waals surface area (Å²) in [4.78, 5) is 28.2. The molecule has 1 N–H and O–H groups in total. The average Bonchev–Trinajstić information content (AvgIpc) is 2.87. The third kappa shape index (κ3) is 4.73. The maximum atomic E-state index is 14.1. The summed E-state index contributed by atoms with van der Waals surface area (Å²) in [6.45, 7) is 19.2. The maximum absolute atomic E-state index is 14.1. The number of aliphatic hydroxyl groups is 1. The van der Waals surface area contributed by atoms with Gasteiger partial charge >= 0.3 is 6.09 Å². The molecule has 3 atom stereocenters. The van der Waals surface area contributed by atoms with Gasteiger partial charge < -0.3 is 14.3 Å². The van der Waals surface area contributed by atoms with E-state index in [1.807, 2.05) is 57.3 Å². The highest BCUT2D eigenvalue weighted by Gasteiger charge is 2.59. The number of carbonyl (C=O) groups is 2. The summed E-state index contributed by atoms with van der Waals surface area (Å²) in [7, 11) is -2.48. The highest BCUT2D eigenvalue weighted by molar-refractivity contribution is 6.74. The summed E-state index contributed by atoms with van der Waals surface area (Å²) in [5.74, 6) is -0.816. The van der Waals surface area contributed by atoms with Gasteiger partial charge in [0.25, 0.3) is 5.91 Å². The van der Waals surface area contributed by atoms with Crippen LogP contribution in [0, 0.1) is 5.92 Å². The molecular weight excluding hydrogens is 410 g/mol. The number of hydrogen-bond acceptors (Lipinski definition) is 5. The van der Waals surface area contributed by atoms with Crippen molar-refractivity contribution in [2.75, 3.05) is 0 Å². The number of amides is 2. The number of cyclic esters (lactones) is 1. The van der Waals surface area contributed by atoms with Crippen molar-refractivity contribution in [2.24, 2.45) is 5.92 Å². The third-order valence-electron chi connectivity index (χ3n) is 6.69. The fourth-order valence-corrected chi connectivity index (χ4v) is 5.50. The van der Waals surface area contributed by atoms with Crippen molar-refractivity contribution in [3.8, 4) is 0 Å². The van der Waals surface area contributed by atoms with Gasteiger partial charge in [-0.1, -0.05) is 65.0 Å². The first-order valence-electron chi connectivity index (χ1n) is 11.0. The first kappa shape index (κ1) is 25.6. The van der Waals surface area contributed by atoms with Gasteiger partial charge in [0.15, 0.2) is 13.9 Å². The second-order valence-corrected chi connectivity index (χ2v) is 15.8. The van der Waals surface area contributed by atoms with Crippen molar-refractivity contribution in [1.29, 1.82) is 0 Å². The van der Waals surface area contributed by atoms with Gasteiger partial charge in [0.05, 0.1) is 6.10 Å². The van der Waals surface area contributed by atoms with E-state index in [2.05, 4.69) is 20.8 Å². The Hall–Kier alpha value is -1.70. The molecule has 0 radical (unpaired) electrons. The summed E-state index contributed by atoms with van der Waals surface area (Å²) in [6, 6.07) is 8.73. The van der Waals surface area contributed by atoms with E-state index < -0.39 is 43.7 Å². The Morgan fingerprint density at radius 1 is 1.16 bits per heavy atom. The second kappa shape index (κ2) is 8.33. The largest absolute Gasteiger partial charge is 0.440 e. The smallest absolute Gasteiger partial charge is 0.417 e. The number of imide groups is 1. The molecule has 0 bridgehead atoms. The van der Waals surface area contributed by atoms with E-state index in [-0.39, 0.29) is 11.0 Å². The van der Waals surface area contributed by atoms with E-state index >= 15 is 0 Å². The molecule has 1 aromatic carbocycles. The summed E-state index contributed by atoms with van der Waals surface area (Å²) < 4.78 is 12.2. The normalized spacial score (nSPS) is 22.3. The summed E-state index contributed by atoms with van der Waals surface area (Å²) >= 11 is 0. The Balaban J connectivity index is 2.60. The van der Waals surface area contributed by atoms with Gasteiger partial charge in [-0.2, -0.15) is 0 Å². The quantitative estimate of drug-likeness (QED) is 0.598. The van der Waals surface area contributed by atoms with Crippen LogP contribution in [0.1, 0.15) is 67.0 Å². The highest BCUT2D eigenvalue weighted by Crippen LogP contribution is 2.45. The zero-order chi connectivity index (χ0) is 24.0. The topological polar surface area (TPSA) is 76.1 Å². The molecule has 1 aliphatic rings. The number of ether oxygens (including phenoxy) is 1. The van der Waals surface area contributed by atoms with Crippen molar-refractivity contribution in [3.63, 3.8) is 0 Å². The lowest BCUT2D eigenvalue weighted by atomic mass is 9.86. The van der Waals surface area contributed by atoms with Gasteiger partial charge in [0, 0.05) is 0 Å². The average molecular weight is 450 g/mol. The molecule has 0 aliphatic carbocycles. The molecule has 1 aromatic rings. The summed E-state index contributed by atoms with van der Waals surface area (Å²) in [6.07, 6.45) is -1.81. The minimum absolute atomic E-state index is 0.186. The highest BCUT2D eigenvalue weighted by atomic mass is 28.4. The Morgan fingerprint density at radius 2 is 1.68 bits per heavy atom. The molecule has 1 saturated heterocycles. The predicted molar refractivity (Wildman–Crippen MR) is 124 cm³/mol. The maximum Gasteiger partial charge on any atom is 0.417 e. The molecular formula is C24H39NO5Si. The van der Waals surface area contributed by atoms with Crippen molar-refractivity contribution in [2.45, 2.75) is 96.9 Å². The van der Waals surface area contributed by atoms with Crippen molar-refractivity contribution < 1.29 is 23.9 Å². The lowest BCUT2D eigenvalue weighted by Crippen LogP contribution is -2.63. The molecule has 0 spiro atoms. The molecule has 0 saturated carbocycles. The third-order valence-corrected chi connectivity index (χ3v) is 11.2. The van der Waals surface area contributed by atoms with Crippen LogP contribution in [0.5, 0.6) is 0 Å². The molecule has 174 valence electrons. The van der Waals surface area contributed by atoms with E-state index in [4.69, 9.17) is 9.16 Å². The number of rotatable bonds is 6. The Kier molecular flexibility index (Phi) is 6.87. The molecule has 2 amide bonds. The van der Waals surface area contributed by atoms with E-state index in [1.165, 1.54) is 0 Å². The molecule has 1 fully saturated rings. The summed E-state index contributed by atoms with van der Waals surface area (Å²) in [5, 5.41) is 11.0. The Bertz CT molecular complexity index is 815. The monoisotopic (exact) mass is 449 g/mol. The number of hydrogen-bond donors (Lipinski definition) is 1. The van der Waals surface area contributed by atoms with Crippen LogP contribution in [0.25, 0.3) is 0 Å². The molecule has 31 heavy (non-hydrogen) atoms. The predicted octanol–water partition coefficient (Wildman–Crippen LogP) is 5.28. The first-order valence-corrected chi connectivity index (χ1v) is 13.9. The van der Waals surface area contributed by atoms with Gasteiger partial charge in [-0.25, -0.2) is 9.69 Å². The molecule has 7 heteroatoms. The van der Waals surface area contributed by atoms with Gasteiger partial charge in [0.1, 0.15) is 11.6 Å². The van der Waals surface area contributed by atoms with Crippen LogP contribution >= 0.6 is 0 Å². The van der Waals surface area contributed by atoms with Gasteiger partial charge in [-0.05, 0) is 50.4 Å². The van der Waals surface area contributed by atoms with Crippen LogP contribution in [0.15, 0.2) is 30.3 Å². The molecule has 1 heterocycles. The zero-order valence-electron chi connectivity index (χ0n) is 20.6. The van der Waals surface area contributed by atoms with E-state index in [1.54, 1.807) is 20.8 Å². The number of benzene rings is 1. The number of nitrogens with zero attached hydrogens (tertiary/aromatic N) is 1. The number of carbonyl (C=O) groups excluding carboxylic acids is 2. The fraction of sp³-hybridized carbons (Fsp3) is 0.667. The van der Waals surface area contributed by atoms with Crippen LogP contribution in [0.2, 0.25) is 18.1 Å². The zero-order valence-corrected chi connectivity index (χ0v) is 21.6. The van der Waals surface area contributed by atoms with Crippen LogP contribution in [-0.2, 0) is 14.0 Å². The Morgan fingerprint density at radius 3 is 2.13 bits per heavy atom. The molecule has 0 unspecified atom stereocenters. The van der Waals surface area contributed by atoms with Crippen LogP contribution in [0.4, 0.5) is 4.79 Å². The SMILES string of the molecule is CC(C)[C@@H](O)[C@](C)(O[Si](C)(C)C(C)(C)C)C(=O)N1C(=O)OC(C)(C)[C@H]1c1ccccc1. The second-order valence-electron chi connectivity index (χ2n) is 11.1. The van der Waals surface area contributed by atoms with Gasteiger partial charge in [0.2, 0.25) is 0 Å². The van der Waals surface area contributed by atoms with Crippen LogP contribution in [0.3, 0.4) is 0 Å². The van der Waals surface area contributed by atoms with Gasteiger partial charge in [-0.3, -0.25) is 4.79 Å². The number of aliphatic hydroxyl groups excluding tert-OH is 1. The van der Waals surface area contributed by atoms with Crippen LogP contribution in [-0.4, -0.2) is 47.6 Å². The van der Waals surface area contributed by atoms with Crippen LogP contribution < -0.4 is 0 Å². The summed E-state index contributed by atoms with van der Waals surface area (Å²) in [5.41, 5.74) is -1.72. The molecule has 0 aromatic heterocycles. The van der Waals surface area contributed by atoms with E-state index in [0.717, 1.165) is 10.5 Å². The van der Waals surface area contributed by atoms with E-state index in [9.17, 15) is 14.7 Å². The lowest BCUT2D eigenvalue weighted by molar-refractivity contribution is -0.160. The van der Waals surface area contributed by atoms with Crippen molar-refractivity contribution in [3.05, 3.63) is 35.9 Å². The molecule has 6 nitrogen and oxygen atoms in total. The van der Waals surface area contributed by atoms with Crippen molar-refractivity contribution in [1.82, 2.24) is 4.90 Å². The van der Waals surface area contributed by atoms with Crippen molar-refractivity contribution >= 4 is 20.3 Å². The molecule has 2 rings (SSSR count). The lowest BCUT2D eigenvalue weighted by Gasteiger charge is -2.47. The van der Waals surface area contributed by atoms with Gasteiger partial charge in [-0.15, -0.1) is 0 Å². The fourth-order valence-electron chi connectivity index (χ4n) is 3.92. The standard InChI is InChI=1S/C24H39NO5Si/c1-16(2)19(26)24(8,30-31(9,10)22(3,4)5)20(27)25-18(17-14-12-11-13-15-17)23(6,7)29-21(25)28/h11-16,18-19,26H,1-10H3/t18-,19-,24+/m1/s1. The molecule has 1 aliphatic heterocycles. The Labute approximate surface area is 188 Å². The minimum Gasteiger partial charge on any atom is -0.440 e. The minimum atomic E-state index is -2.48. The van der Waals surface area contributed by atoms with E-state index in [0.29, 0.717) is 0 Å². The first-order chi connectivity index (χ1) is 14.0.